The van der Waals surface area contributed by atoms with Gasteiger partial charge in [-0.15, -0.1) is 0 Å². The minimum absolute atomic E-state index is 0.0969. The van der Waals surface area contributed by atoms with Crippen LogP contribution in [0.5, 0.6) is 5.75 Å². The molecular formula is C19H21FN2O4S. The van der Waals surface area contributed by atoms with E-state index in [2.05, 4.69) is 4.72 Å². The molecule has 1 saturated heterocycles. The maximum Gasteiger partial charge on any atom is 0.264 e. The summed E-state index contributed by atoms with van der Waals surface area (Å²) in [6, 6.07) is 10.1. The molecule has 0 spiro atoms. The molecule has 0 radical (unpaired) electrons. The van der Waals surface area contributed by atoms with Crippen LogP contribution in [0, 0.1) is 12.7 Å². The molecule has 3 rings (SSSR count). The Balaban J connectivity index is 1.69. The van der Waals surface area contributed by atoms with Gasteiger partial charge in [0, 0.05) is 19.2 Å². The second-order valence-corrected chi connectivity index (χ2v) is 8.09. The average molecular weight is 392 g/mol. The van der Waals surface area contributed by atoms with Crippen LogP contribution in [0.3, 0.4) is 0 Å². The first-order chi connectivity index (χ1) is 12.8. The number of hydrogen-bond acceptors (Lipinski definition) is 4. The van der Waals surface area contributed by atoms with E-state index in [0.29, 0.717) is 11.3 Å². The van der Waals surface area contributed by atoms with Crippen LogP contribution in [0.4, 0.5) is 10.1 Å². The highest BCUT2D eigenvalue weighted by Crippen LogP contribution is 2.23. The molecule has 2 aromatic rings. The van der Waals surface area contributed by atoms with Gasteiger partial charge in [-0.05, 0) is 49.6 Å². The summed E-state index contributed by atoms with van der Waals surface area (Å²) in [5, 5.41) is 0. The number of halogens is 1. The number of hydrogen-bond donors (Lipinski definition) is 1. The number of carbonyl (C=O) groups is 1. The third kappa shape index (κ3) is 4.77. The molecule has 144 valence electrons. The van der Waals surface area contributed by atoms with E-state index in [9.17, 15) is 17.6 Å². The van der Waals surface area contributed by atoms with E-state index in [1.807, 2.05) is 0 Å². The van der Waals surface area contributed by atoms with E-state index in [-0.39, 0.29) is 18.2 Å². The second kappa shape index (κ2) is 7.96. The van der Waals surface area contributed by atoms with Crippen LogP contribution in [0.15, 0.2) is 47.4 Å². The van der Waals surface area contributed by atoms with Crippen LogP contribution in [-0.2, 0) is 14.8 Å². The number of amides is 1. The van der Waals surface area contributed by atoms with Gasteiger partial charge in [-0.3, -0.25) is 9.52 Å². The number of sulfonamides is 1. The van der Waals surface area contributed by atoms with Crippen LogP contribution in [-0.4, -0.2) is 38.9 Å². The highest BCUT2D eigenvalue weighted by molar-refractivity contribution is 7.92. The molecule has 1 amide bonds. The number of carbonyl (C=O) groups excluding carboxylic acids is 1. The molecule has 1 fully saturated rings. The average Bonchev–Trinajstić information content (AvgIpc) is 3.16. The number of likely N-dealkylation sites (tertiary alicyclic amines) is 1. The lowest BCUT2D eigenvalue weighted by molar-refractivity contribution is -0.132. The van der Waals surface area contributed by atoms with Crippen LogP contribution < -0.4 is 9.46 Å². The standard InChI is InChI=1S/C19H21FN2O4S/c1-14-7-8-17(20)18(11-14)27(24,25)21-15-5-4-6-16(12-15)26-13-19(23)22-9-2-3-10-22/h4-8,11-12,21H,2-3,9-10,13H2,1H3. The zero-order chi connectivity index (χ0) is 19.4. The molecule has 1 heterocycles. The van der Waals surface area contributed by atoms with Crippen LogP contribution in [0.2, 0.25) is 0 Å². The molecule has 8 heteroatoms. The first kappa shape index (κ1) is 19.2. The fraction of sp³-hybridized carbons (Fsp3) is 0.316. The predicted octanol–water partition coefficient (Wildman–Crippen LogP) is 2.94. The molecule has 0 atom stereocenters. The van der Waals surface area contributed by atoms with Crippen molar-refractivity contribution >= 4 is 21.6 Å². The molecule has 0 aromatic heterocycles. The van der Waals surface area contributed by atoms with Crippen molar-refractivity contribution in [3.8, 4) is 5.75 Å². The topological polar surface area (TPSA) is 75.7 Å². The molecule has 0 aliphatic carbocycles. The van der Waals surface area contributed by atoms with Crippen molar-refractivity contribution in [2.75, 3.05) is 24.4 Å². The molecule has 0 unspecified atom stereocenters. The minimum Gasteiger partial charge on any atom is -0.484 e. The van der Waals surface area contributed by atoms with Gasteiger partial charge in [-0.2, -0.15) is 0 Å². The van der Waals surface area contributed by atoms with Crippen molar-refractivity contribution in [1.82, 2.24) is 4.90 Å². The summed E-state index contributed by atoms with van der Waals surface area (Å²) in [6.07, 6.45) is 2.00. The molecule has 0 saturated carbocycles. The van der Waals surface area contributed by atoms with E-state index < -0.39 is 20.7 Å². The monoisotopic (exact) mass is 392 g/mol. The van der Waals surface area contributed by atoms with Crippen LogP contribution in [0.25, 0.3) is 0 Å². The van der Waals surface area contributed by atoms with Gasteiger partial charge < -0.3 is 9.64 Å². The SMILES string of the molecule is Cc1ccc(F)c(S(=O)(=O)Nc2cccc(OCC(=O)N3CCCC3)c2)c1. The van der Waals surface area contributed by atoms with Crippen molar-refractivity contribution in [3.63, 3.8) is 0 Å². The highest BCUT2D eigenvalue weighted by atomic mass is 32.2. The maximum atomic E-state index is 13.9. The van der Waals surface area contributed by atoms with Gasteiger partial charge in [0.15, 0.2) is 6.61 Å². The lowest BCUT2D eigenvalue weighted by Gasteiger charge is -2.16. The molecule has 2 aromatic carbocycles. The minimum atomic E-state index is -4.08. The van der Waals surface area contributed by atoms with E-state index >= 15 is 0 Å². The Labute approximate surface area is 158 Å². The van der Waals surface area contributed by atoms with Crippen LogP contribution in [0.1, 0.15) is 18.4 Å². The van der Waals surface area contributed by atoms with Crippen LogP contribution >= 0.6 is 0 Å². The summed E-state index contributed by atoms with van der Waals surface area (Å²) in [5.41, 5.74) is 0.858. The quantitative estimate of drug-likeness (QED) is 0.820. The summed E-state index contributed by atoms with van der Waals surface area (Å²) in [7, 11) is -4.08. The van der Waals surface area contributed by atoms with Crippen molar-refractivity contribution in [2.24, 2.45) is 0 Å². The number of nitrogens with zero attached hydrogens (tertiary/aromatic N) is 1. The Hall–Kier alpha value is -2.61. The molecule has 1 aliphatic rings. The van der Waals surface area contributed by atoms with Gasteiger partial charge >= 0.3 is 0 Å². The van der Waals surface area contributed by atoms with Crippen molar-refractivity contribution in [2.45, 2.75) is 24.7 Å². The number of nitrogens with one attached hydrogen (secondary N) is 1. The van der Waals surface area contributed by atoms with Gasteiger partial charge in [0.2, 0.25) is 0 Å². The first-order valence-corrected chi connectivity index (χ1v) is 10.1. The van der Waals surface area contributed by atoms with Gasteiger partial charge in [0.1, 0.15) is 16.5 Å². The number of aryl methyl sites for hydroxylation is 1. The third-order valence-electron chi connectivity index (χ3n) is 4.28. The lowest BCUT2D eigenvalue weighted by Crippen LogP contribution is -2.32. The smallest absolute Gasteiger partial charge is 0.264 e. The van der Waals surface area contributed by atoms with Gasteiger partial charge in [0.05, 0.1) is 5.69 Å². The normalized spacial score (nSPS) is 14.2. The van der Waals surface area contributed by atoms with E-state index in [4.69, 9.17) is 4.74 Å². The Kier molecular flexibility index (Phi) is 5.65. The van der Waals surface area contributed by atoms with Crippen molar-refractivity contribution < 1.29 is 22.3 Å². The second-order valence-electron chi connectivity index (χ2n) is 6.44. The zero-order valence-corrected chi connectivity index (χ0v) is 15.8. The molecular weight excluding hydrogens is 371 g/mol. The van der Waals surface area contributed by atoms with E-state index in [1.54, 1.807) is 24.0 Å². The number of benzene rings is 2. The molecule has 0 bridgehead atoms. The predicted molar refractivity (Wildman–Crippen MR) is 99.7 cm³/mol. The molecule has 1 aliphatic heterocycles. The summed E-state index contributed by atoms with van der Waals surface area (Å²) < 4.78 is 46.7. The Morgan fingerprint density at radius 3 is 2.67 bits per heavy atom. The fourth-order valence-corrected chi connectivity index (χ4v) is 4.09. The lowest BCUT2D eigenvalue weighted by atomic mass is 10.2. The van der Waals surface area contributed by atoms with Crippen molar-refractivity contribution in [1.29, 1.82) is 0 Å². The van der Waals surface area contributed by atoms with E-state index in [0.717, 1.165) is 32.0 Å². The summed E-state index contributed by atoms with van der Waals surface area (Å²) in [6.45, 7) is 3.06. The van der Waals surface area contributed by atoms with E-state index in [1.165, 1.54) is 24.3 Å². The van der Waals surface area contributed by atoms with Gasteiger partial charge in [0.25, 0.3) is 15.9 Å². The molecule has 27 heavy (non-hydrogen) atoms. The molecule has 6 nitrogen and oxygen atoms in total. The molecule has 1 N–H and O–H groups in total. The van der Waals surface area contributed by atoms with Gasteiger partial charge in [-0.1, -0.05) is 12.1 Å². The summed E-state index contributed by atoms with van der Waals surface area (Å²) in [4.78, 5) is 13.4. The Morgan fingerprint density at radius 2 is 1.93 bits per heavy atom. The Morgan fingerprint density at radius 1 is 1.19 bits per heavy atom. The van der Waals surface area contributed by atoms with Gasteiger partial charge in [-0.25, -0.2) is 12.8 Å². The summed E-state index contributed by atoms with van der Waals surface area (Å²) >= 11 is 0. The maximum absolute atomic E-state index is 13.9. The number of rotatable bonds is 6. The fourth-order valence-electron chi connectivity index (χ4n) is 2.88. The largest absolute Gasteiger partial charge is 0.484 e. The third-order valence-corrected chi connectivity index (χ3v) is 5.68. The number of anilines is 1. The Bertz CT molecular complexity index is 940. The van der Waals surface area contributed by atoms with Crippen molar-refractivity contribution in [3.05, 3.63) is 53.8 Å². The zero-order valence-electron chi connectivity index (χ0n) is 14.9. The summed E-state index contributed by atoms with van der Waals surface area (Å²) in [5.74, 6) is -0.565. The number of ether oxygens (including phenoxy) is 1. The highest BCUT2D eigenvalue weighted by Gasteiger charge is 2.20. The first-order valence-electron chi connectivity index (χ1n) is 8.65.